The molecule has 0 aliphatic carbocycles. The first-order valence-electron chi connectivity index (χ1n) is 11.5. The van der Waals surface area contributed by atoms with E-state index in [2.05, 4.69) is 15.3 Å². The first kappa shape index (κ1) is 26.9. The van der Waals surface area contributed by atoms with E-state index in [9.17, 15) is 19.5 Å². The molecule has 0 spiro atoms. The van der Waals surface area contributed by atoms with Crippen molar-refractivity contribution in [2.45, 2.75) is 26.4 Å². The molecule has 0 amide bonds. The Balaban J connectivity index is 1.70. The molecular formula is C26H23Cl2N5O5. The largest absolute Gasteiger partial charge is 0.481 e. The summed E-state index contributed by atoms with van der Waals surface area (Å²) < 4.78 is 7.82. The van der Waals surface area contributed by atoms with Gasteiger partial charge in [0.1, 0.15) is 10.8 Å². The standard InChI is InChI=1S/C26H23Cl2N5O5/c1-15(23(34)35)16(2)33-25(36)31-24(32(26(33)37)14-17-5-7-18(27)8-6-17)30-19-9-11-20(12-10-19)38-22-21(28)4-3-13-29-22/h3-13,15-16H,14H2,1-2H3,(H,34,35)(H,30,31,36)/t15-,16+/m1/s1. The molecule has 0 saturated carbocycles. The Kier molecular flexibility index (Phi) is 8.13. The highest BCUT2D eigenvalue weighted by Crippen LogP contribution is 2.28. The van der Waals surface area contributed by atoms with Crippen molar-refractivity contribution in [3.05, 3.63) is 103 Å². The number of hydrogen-bond donors (Lipinski definition) is 2. The number of anilines is 2. The Bertz CT molecular complexity index is 1570. The van der Waals surface area contributed by atoms with Gasteiger partial charge in [-0.3, -0.25) is 9.36 Å². The number of rotatable bonds is 9. The summed E-state index contributed by atoms with van der Waals surface area (Å²) in [5, 5.41) is 13.3. The minimum absolute atomic E-state index is 0.0113. The number of nitrogens with one attached hydrogen (secondary N) is 1. The molecule has 0 fully saturated rings. The number of aliphatic carboxylic acids is 1. The summed E-state index contributed by atoms with van der Waals surface area (Å²) in [5.41, 5.74) is -0.324. The lowest BCUT2D eigenvalue weighted by Gasteiger charge is -2.21. The van der Waals surface area contributed by atoms with Gasteiger partial charge in [-0.15, -0.1) is 0 Å². The highest BCUT2D eigenvalue weighted by molar-refractivity contribution is 6.31. The lowest BCUT2D eigenvalue weighted by molar-refractivity contribution is -0.142. The van der Waals surface area contributed by atoms with E-state index in [1.165, 1.54) is 18.4 Å². The summed E-state index contributed by atoms with van der Waals surface area (Å²) >= 11 is 12.1. The van der Waals surface area contributed by atoms with E-state index in [0.29, 0.717) is 21.5 Å². The van der Waals surface area contributed by atoms with Crippen molar-refractivity contribution >= 4 is 40.8 Å². The highest BCUT2D eigenvalue weighted by Gasteiger charge is 2.26. The Hall–Kier alpha value is -4.15. The molecule has 196 valence electrons. The third kappa shape index (κ3) is 6.04. The smallest absolute Gasteiger partial charge is 0.355 e. The van der Waals surface area contributed by atoms with Gasteiger partial charge < -0.3 is 15.2 Å². The predicted octanol–water partition coefficient (Wildman–Crippen LogP) is 4.97. The molecule has 4 rings (SSSR count). The Morgan fingerprint density at radius 1 is 1.05 bits per heavy atom. The molecule has 0 aliphatic heterocycles. The molecule has 0 saturated heterocycles. The number of nitrogens with zero attached hydrogens (tertiary/aromatic N) is 4. The number of halogens is 2. The second-order valence-corrected chi connectivity index (χ2v) is 9.34. The van der Waals surface area contributed by atoms with Crippen molar-refractivity contribution in [1.82, 2.24) is 19.1 Å². The van der Waals surface area contributed by atoms with E-state index in [1.54, 1.807) is 66.9 Å². The fraction of sp³-hybridized carbons (Fsp3) is 0.192. The highest BCUT2D eigenvalue weighted by atomic mass is 35.5. The van der Waals surface area contributed by atoms with Crippen LogP contribution in [0.3, 0.4) is 0 Å². The maximum Gasteiger partial charge on any atom is 0.355 e. The second kappa shape index (κ2) is 11.5. The number of pyridine rings is 1. The van der Waals surface area contributed by atoms with Gasteiger partial charge in [0.15, 0.2) is 0 Å². The van der Waals surface area contributed by atoms with E-state index >= 15 is 0 Å². The van der Waals surface area contributed by atoms with E-state index in [0.717, 1.165) is 10.1 Å². The molecule has 2 aromatic carbocycles. The Morgan fingerprint density at radius 2 is 1.74 bits per heavy atom. The zero-order valence-corrected chi connectivity index (χ0v) is 21.8. The third-order valence-electron chi connectivity index (χ3n) is 5.92. The zero-order chi connectivity index (χ0) is 27.4. The van der Waals surface area contributed by atoms with E-state index in [1.807, 2.05) is 0 Å². The van der Waals surface area contributed by atoms with Crippen LogP contribution in [0.2, 0.25) is 10.0 Å². The normalized spacial score (nSPS) is 12.5. The topological polar surface area (TPSA) is 128 Å². The van der Waals surface area contributed by atoms with Crippen LogP contribution in [-0.2, 0) is 11.3 Å². The van der Waals surface area contributed by atoms with Crippen LogP contribution in [-0.4, -0.2) is 30.2 Å². The van der Waals surface area contributed by atoms with Gasteiger partial charge in [0.2, 0.25) is 11.8 Å². The first-order valence-corrected chi connectivity index (χ1v) is 12.3. The van der Waals surface area contributed by atoms with E-state index in [-0.39, 0.29) is 18.4 Å². The summed E-state index contributed by atoms with van der Waals surface area (Å²) in [6.45, 7) is 2.98. The molecule has 2 atom stereocenters. The number of hydrogen-bond acceptors (Lipinski definition) is 7. The van der Waals surface area contributed by atoms with Crippen LogP contribution < -0.4 is 21.4 Å². The fourth-order valence-electron chi connectivity index (χ4n) is 3.59. The van der Waals surface area contributed by atoms with Crippen LogP contribution in [0, 0.1) is 5.92 Å². The summed E-state index contributed by atoms with van der Waals surface area (Å²) in [6, 6.07) is 15.9. The summed E-state index contributed by atoms with van der Waals surface area (Å²) in [5.74, 6) is -1.42. The van der Waals surface area contributed by atoms with Crippen LogP contribution >= 0.6 is 23.2 Å². The van der Waals surface area contributed by atoms with Crippen LogP contribution in [0.25, 0.3) is 0 Å². The maximum atomic E-state index is 13.5. The molecule has 0 unspecified atom stereocenters. The van der Waals surface area contributed by atoms with Crippen molar-refractivity contribution in [3.8, 4) is 11.6 Å². The van der Waals surface area contributed by atoms with Gasteiger partial charge in [-0.1, -0.05) is 35.3 Å². The number of carboxylic acid groups (broad SMARTS) is 1. The van der Waals surface area contributed by atoms with Gasteiger partial charge in [-0.2, -0.15) is 4.98 Å². The molecule has 0 bridgehead atoms. The molecular weight excluding hydrogens is 533 g/mol. The fourth-order valence-corrected chi connectivity index (χ4v) is 3.88. The second-order valence-electron chi connectivity index (χ2n) is 8.49. The molecule has 0 aliphatic rings. The average molecular weight is 556 g/mol. The van der Waals surface area contributed by atoms with Crippen molar-refractivity contribution in [1.29, 1.82) is 0 Å². The number of carboxylic acids is 1. The minimum atomic E-state index is -1.13. The van der Waals surface area contributed by atoms with Crippen molar-refractivity contribution in [2.75, 3.05) is 5.32 Å². The molecule has 0 radical (unpaired) electrons. The van der Waals surface area contributed by atoms with Gasteiger partial charge in [-0.05, 0) is 67.9 Å². The maximum absolute atomic E-state index is 13.5. The van der Waals surface area contributed by atoms with Gasteiger partial charge in [0.25, 0.3) is 0 Å². The Labute approximate surface area is 227 Å². The predicted molar refractivity (Wildman–Crippen MR) is 144 cm³/mol. The summed E-state index contributed by atoms with van der Waals surface area (Å²) in [4.78, 5) is 46.1. The van der Waals surface area contributed by atoms with Crippen LogP contribution in [0.5, 0.6) is 11.6 Å². The molecule has 2 aromatic heterocycles. The number of carbonyl (C=O) groups is 1. The van der Waals surface area contributed by atoms with Crippen LogP contribution in [0.15, 0.2) is 76.4 Å². The van der Waals surface area contributed by atoms with Gasteiger partial charge >= 0.3 is 17.3 Å². The Morgan fingerprint density at radius 3 is 2.37 bits per heavy atom. The average Bonchev–Trinajstić information content (AvgIpc) is 2.89. The summed E-state index contributed by atoms with van der Waals surface area (Å²) in [7, 11) is 0. The number of ether oxygens (including phenoxy) is 1. The SMILES string of the molecule is C[C@@H](C(=O)O)[C@H](C)n1c(=O)nc(Nc2ccc(Oc3ncccc3Cl)cc2)n(Cc2ccc(Cl)cc2)c1=O. The molecule has 2 N–H and O–H groups in total. The third-order valence-corrected chi connectivity index (χ3v) is 6.46. The molecule has 10 nitrogen and oxygen atoms in total. The molecule has 38 heavy (non-hydrogen) atoms. The number of benzene rings is 2. The van der Waals surface area contributed by atoms with Crippen LogP contribution in [0.1, 0.15) is 25.5 Å². The quantitative estimate of drug-likeness (QED) is 0.296. The molecule has 12 heteroatoms. The van der Waals surface area contributed by atoms with Gasteiger partial charge in [0.05, 0.1) is 18.5 Å². The van der Waals surface area contributed by atoms with Crippen molar-refractivity contribution in [3.63, 3.8) is 0 Å². The lowest BCUT2D eigenvalue weighted by atomic mass is 10.0. The summed E-state index contributed by atoms with van der Waals surface area (Å²) in [6.07, 6.45) is 1.56. The van der Waals surface area contributed by atoms with Gasteiger partial charge in [-0.25, -0.2) is 19.1 Å². The van der Waals surface area contributed by atoms with Gasteiger partial charge in [0, 0.05) is 16.9 Å². The van der Waals surface area contributed by atoms with E-state index < -0.39 is 29.3 Å². The van der Waals surface area contributed by atoms with Crippen molar-refractivity contribution in [2.24, 2.45) is 5.92 Å². The van der Waals surface area contributed by atoms with Crippen molar-refractivity contribution < 1.29 is 14.6 Å². The lowest BCUT2D eigenvalue weighted by Crippen LogP contribution is -2.46. The zero-order valence-electron chi connectivity index (χ0n) is 20.3. The van der Waals surface area contributed by atoms with Crippen LogP contribution in [0.4, 0.5) is 11.6 Å². The monoisotopic (exact) mass is 555 g/mol. The molecule has 2 heterocycles. The minimum Gasteiger partial charge on any atom is -0.481 e. The molecule has 4 aromatic rings. The van der Waals surface area contributed by atoms with E-state index in [4.69, 9.17) is 27.9 Å². The number of aromatic nitrogens is 4. The first-order chi connectivity index (χ1) is 18.1.